The van der Waals surface area contributed by atoms with Gasteiger partial charge >= 0.3 is 0 Å². The van der Waals surface area contributed by atoms with Gasteiger partial charge in [-0.1, -0.05) is 18.2 Å². The molecule has 6 nitrogen and oxygen atoms in total. The monoisotopic (exact) mass is 348 g/mol. The molecule has 2 fully saturated rings. The van der Waals surface area contributed by atoms with Crippen molar-refractivity contribution >= 4 is 11.8 Å². The Balaban J connectivity index is 1.73. The van der Waals surface area contributed by atoms with Crippen LogP contribution in [0, 0.1) is 0 Å². The summed E-state index contributed by atoms with van der Waals surface area (Å²) in [5.41, 5.74) is 0. The molecule has 2 rings (SSSR count). The lowest BCUT2D eigenvalue weighted by Gasteiger charge is -2.38. The first-order valence-corrected chi connectivity index (χ1v) is 9.26. The molecule has 6 heteroatoms. The molecule has 0 spiro atoms. The van der Waals surface area contributed by atoms with Gasteiger partial charge < -0.3 is 14.7 Å². The zero-order valence-electron chi connectivity index (χ0n) is 15.9. The molecule has 0 N–H and O–H groups in total. The zero-order chi connectivity index (χ0) is 18.2. The molecule has 140 valence electrons. The summed E-state index contributed by atoms with van der Waals surface area (Å²) >= 11 is 0. The van der Waals surface area contributed by atoms with Crippen molar-refractivity contribution in [1.82, 2.24) is 19.6 Å². The minimum absolute atomic E-state index is 0.0464. The molecule has 0 radical (unpaired) electrons. The molecular weight excluding hydrogens is 316 g/mol. The molecule has 0 aromatic heterocycles. The summed E-state index contributed by atoms with van der Waals surface area (Å²) in [6, 6.07) is 0.262. The van der Waals surface area contributed by atoms with Crippen molar-refractivity contribution in [1.29, 1.82) is 0 Å². The highest BCUT2D eigenvalue weighted by Gasteiger charge is 2.27. The van der Waals surface area contributed by atoms with Crippen molar-refractivity contribution < 1.29 is 9.59 Å². The number of likely N-dealkylation sites (N-methyl/N-ethyl adjacent to an activating group) is 2. The molecule has 0 saturated carbocycles. The lowest BCUT2D eigenvalue weighted by atomic mass is 10.0. The number of allylic oxidation sites excluding steroid dienone is 3. The number of nitrogens with zero attached hydrogens (tertiary/aromatic N) is 4. The molecule has 2 aliphatic heterocycles. The average molecular weight is 348 g/mol. The van der Waals surface area contributed by atoms with Crippen molar-refractivity contribution in [2.24, 2.45) is 0 Å². The van der Waals surface area contributed by atoms with Gasteiger partial charge in [0.1, 0.15) is 0 Å². The van der Waals surface area contributed by atoms with Crippen LogP contribution in [0.1, 0.15) is 19.8 Å². The van der Waals surface area contributed by atoms with Crippen LogP contribution in [-0.2, 0) is 9.59 Å². The van der Waals surface area contributed by atoms with Crippen LogP contribution in [0.25, 0.3) is 0 Å². The van der Waals surface area contributed by atoms with E-state index in [2.05, 4.69) is 16.8 Å². The second-order valence-electron chi connectivity index (χ2n) is 7.03. The average Bonchev–Trinajstić information content (AvgIpc) is 2.62. The van der Waals surface area contributed by atoms with Crippen LogP contribution < -0.4 is 0 Å². The van der Waals surface area contributed by atoms with Crippen LogP contribution in [0.5, 0.6) is 0 Å². The molecule has 25 heavy (non-hydrogen) atoms. The smallest absolute Gasteiger partial charge is 0.246 e. The summed E-state index contributed by atoms with van der Waals surface area (Å²) in [5.74, 6) is 0.287. The number of carbonyl (C=O) groups is 2. The molecule has 2 heterocycles. The summed E-state index contributed by atoms with van der Waals surface area (Å²) in [6.07, 6.45) is 9.01. The van der Waals surface area contributed by atoms with Crippen molar-refractivity contribution in [2.75, 3.05) is 59.9 Å². The lowest BCUT2D eigenvalue weighted by Crippen LogP contribution is -2.52. The minimum Gasteiger partial charge on any atom is -0.339 e. The van der Waals surface area contributed by atoms with Crippen molar-refractivity contribution in [2.45, 2.75) is 25.8 Å². The number of amides is 2. The Kier molecular flexibility index (Phi) is 7.65. The number of rotatable bonds is 5. The normalized spacial score (nSPS) is 21.3. The maximum Gasteiger partial charge on any atom is 0.246 e. The summed E-state index contributed by atoms with van der Waals surface area (Å²) in [5, 5.41) is 0. The van der Waals surface area contributed by atoms with E-state index < -0.39 is 0 Å². The molecule has 2 amide bonds. The van der Waals surface area contributed by atoms with Gasteiger partial charge in [-0.3, -0.25) is 14.5 Å². The van der Waals surface area contributed by atoms with E-state index in [1.807, 2.05) is 35.9 Å². The van der Waals surface area contributed by atoms with Gasteiger partial charge in [-0.25, -0.2) is 0 Å². The van der Waals surface area contributed by atoms with Crippen LogP contribution in [0.3, 0.4) is 0 Å². The number of piperidine rings is 1. The fraction of sp³-hybridized carbons (Fsp3) is 0.684. The van der Waals surface area contributed by atoms with Crippen LogP contribution in [0.4, 0.5) is 0 Å². The molecule has 0 unspecified atom stereocenters. The first-order valence-electron chi connectivity index (χ1n) is 9.26. The van der Waals surface area contributed by atoms with Crippen molar-refractivity contribution in [3.05, 3.63) is 24.3 Å². The predicted octanol–water partition coefficient (Wildman–Crippen LogP) is 0.816. The maximum atomic E-state index is 12.4. The highest BCUT2D eigenvalue weighted by molar-refractivity contribution is 5.87. The van der Waals surface area contributed by atoms with Crippen LogP contribution >= 0.6 is 0 Å². The summed E-state index contributed by atoms with van der Waals surface area (Å²) < 4.78 is 0. The quantitative estimate of drug-likeness (QED) is 0.545. The Morgan fingerprint density at radius 1 is 1.04 bits per heavy atom. The fourth-order valence-electron chi connectivity index (χ4n) is 3.36. The first kappa shape index (κ1) is 19.7. The molecule has 0 aromatic rings. The van der Waals surface area contributed by atoms with E-state index in [9.17, 15) is 9.59 Å². The van der Waals surface area contributed by atoms with E-state index in [4.69, 9.17) is 0 Å². The highest BCUT2D eigenvalue weighted by Crippen LogP contribution is 2.16. The minimum atomic E-state index is 0.0464. The Morgan fingerprint density at radius 3 is 2.28 bits per heavy atom. The molecule has 2 saturated heterocycles. The third-order valence-electron chi connectivity index (χ3n) is 5.21. The third-order valence-corrected chi connectivity index (χ3v) is 5.21. The van der Waals surface area contributed by atoms with E-state index in [0.29, 0.717) is 6.54 Å². The standard InChI is InChI=1S/C19H32N4O2/c1-4-5-6-7-18(24)21(3)17-8-10-22(11-9-17)16-19(25)23-14-12-20(2)13-15-23/h4-7,17H,8-16H2,1-3H3. The number of hydrogen-bond acceptors (Lipinski definition) is 4. The number of hydrogen-bond donors (Lipinski definition) is 0. The van der Waals surface area contributed by atoms with Gasteiger partial charge in [-0.05, 0) is 26.8 Å². The third kappa shape index (κ3) is 5.97. The Morgan fingerprint density at radius 2 is 1.68 bits per heavy atom. The van der Waals surface area contributed by atoms with E-state index in [-0.39, 0.29) is 17.9 Å². The van der Waals surface area contributed by atoms with Gasteiger partial charge in [0.15, 0.2) is 0 Å². The highest BCUT2D eigenvalue weighted by atomic mass is 16.2. The fourth-order valence-corrected chi connectivity index (χ4v) is 3.36. The largest absolute Gasteiger partial charge is 0.339 e. The summed E-state index contributed by atoms with van der Waals surface area (Å²) in [6.45, 7) is 7.78. The SMILES string of the molecule is CC=CC=CC(=O)N(C)C1CCN(CC(=O)N2CCN(C)CC2)CC1. The van der Waals surface area contributed by atoms with Crippen molar-refractivity contribution in [3.8, 4) is 0 Å². The number of piperazine rings is 1. The summed E-state index contributed by atoms with van der Waals surface area (Å²) in [7, 11) is 3.97. The Bertz CT molecular complexity index is 502. The first-order chi connectivity index (χ1) is 12.0. The zero-order valence-corrected chi connectivity index (χ0v) is 15.9. The second-order valence-corrected chi connectivity index (χ2v) is 7.03. The molecule has 0 aromatic carbocycles. The van der Waals surface area contributed by atoms with E-state index in [1.54, 1.807) is 12.2 Å². The van der Waals surface area contributed by atoms with Crippen LogP contribution in [-0.4, -0.2) is 97.4 Å². The lowest BCUT2D eigenvalue weighted by molar-refractivity contribution is -0.135. The van der Waals surface area contributed by atoms with Crippen molar-refractivity contribution in [3.63, 3.8) is 0 Å². The van der Waals surface area contributed by atoms with Crippen LogP contribution in [0.15, 0.2) is 24.3 Å². The topological polar surface area (TPSA) is 47.1 Å². The predicted molar refractivity (Wildman–Crippen MR) is 100 cm³/mol. The van der Waals surface area contributed by atoms with E-state index in [1.165, 1.54) is 0 Å². The second kappa shape index (κ2) is 9.73. The molecular formula is C19H32N4O2. The number of likely N-dealkylation sites (tertiary alicyclic amines) is 1. The number of carbonyl (C=O) groups excluding carboxylic acids is 2. The van der Waals surface area contributed by atoms with E-state index in [0.717, 1.165) is 52.1 Å². The molecule has 0 aliphatic carbocycles. The van der Waals surface area contributed by atoms with Gasteiger partial charge in [-0.2, -0.15) is 0 Å². The Labute approximate surface area is 151 Å². The van der Waals surface area contributed by atoms with Gasteiger partial charge in [0.25, 0.3) is 0 Å². The maximum absolute atomic E-state index is 12.4. The summed E-state index contributed by atoms with van der Waals surface area (Å²) in [4.78, 5) is 32.9. The van der Waals surface area contributed by atoms with Gasteiger partial charge in [0, 0.05) is 58.4 Å². The Hall–Kier alpha value is -1.66. The van der Waals surface area contributed by atoms with Gasteiger partial charge in [0.2, 0.25) is 11.8 Å². The van der Waals surface area contributed by atoms with E-state index >= 15 is 0 Å². The molecule has 0 bridgehead atoms. The van der Waals surface area contributed by atoms with Crippen LogP contribution in [0.2, 0.25) is 0 Å². The van der Waals surface area contributed by atoms with Gasteiger partial charge in [-0.15, -0.1) is 0 Å². The molecule has 2 aliphatic rings. The van der Waals surface area contributed by atoms with Gasteiger partial charge in [0.05, 0.1) is 6.54 Å². The molecule has 0 atom stereocenters.